The highest BCUT2D eigenvalue weighted by atomic mass is 79.9. The van der Waals surface area contributed by atoms with E-state index in [1.165, 1.54) is 6.07 Å². The second-order valence-corrected chi connectivity index (χ2v) is 6.32. The molecule has 0 bridgehead atoms. The Balaban J connectivity index is 2.37. The third-order valence-corrected chi connectivity index (χ3v) is 4.66. The lowest BCUT2D eigenvalue weighted by Crippen LogP contribution is -2.36. The van der Waals surface area contributed by atoms with E-state index in [2.05, 4.69) is 21.0 Å². The van der Waals surface area contributed by atoms with Crippen molar-refractivity contribution < 1.29 is 4.39 Å². The topological polar surface area (TPSA) is 43.8 Å². The van der Waals surface area contributed by atoms with Crippen LogP contribution in [0.4, 0.5) is 4.39 Å². The zero-order valence-corrected chi connectivity index (χ0v) is 13.8. The highest BCUT2D eigenvalue weighted by molar-refractivity contribution is 9.10. The van der Waals surface area contributed by atoms with Crippen molar-refractivity contribution in [1.29, 1.82) is 0 Å². The summed E-state index contributed by atoms with van der Waals surface area (Å²) in [6.45, 7) is 5.59. The summed E-state index contributed by atoms with van der Waals surface area (Å²) < 4.78 is 16.5. The monoisotopic (exact) mass is 339 g/mol. The molecular weight excluding hydrogens is 321 g/mol. The number of rotatable bonds is 3. The number of nitrogens with two attached hydrogens (primary N) is 1. The number of hydrogen-bond donors (Lipinski definition) is 1. The van der Waals surface area contributed by atoms with Gasteiger partial charge in [-0.05, 0) is 53.9 Å². The lowest BCUT2D eigenvalue weighted by molar-refractivity contribution is 0.466. The van der Waals surface area contributed by atoms with Crippen molar-refractivity contribution in [1.82, 2.24) is 9.78 Å². The van der Waals surface area contributed by atoms with Gasteiger partial charge >= 0.3 is 0 Å². The summed E-state index contributed by atoms with van der Waals surface area (Å²) in [5.41, 5.74) is 9.09. The van der Waals surface area contributed by atoms with Gasteiger partial charge in [0.2, 0.25) is 0 Å². The Bertz CT molecular complexity index is 647. The summed E-state index contributed by atoms with van der Waals surface area (Å²) in [4.78, 5) is 0. The van der Waals surface area contributed by atoms with Gasteiger partial charge < -0.3 is 5.73 Å². The molecule has 1 heterocycles. The Morgan fingerprint density at radius 3 is 2.55 bits per heavy atom. The molecule has 0 fully saturated rings. The zero-order chi connectivity index (χ0) is 15.1. The predicted molar refractivity (Wildman–Crippen MR) is 82.0 cm³/mol. The Labute approximate surface area is 127 Å². The molecule has 2 rings (SSSR count). The molecule has 0 saturated carbocycles. The number of halogens is 2. The average Bonchev–Trinajstić information content (AvgIpc) is 2.59. The van der Waals surface area contributed by atoms with Crippen molar-refractivity contribution in [2.45, 2.75) is 32.7 Å². The third kappa shape index (κ3) is 2.79. The summed E-state index contributed by atoms with van der Waals surface area (Å²) in [7, 11) is 1.89. The standard InChI is InChI=1S/C15H19BrFN3/c1-9-5-6-11(7-12(9)17)15(3,18)8-13-14(16)10(2)19-20(13)4/h5-7H,8,18H2,1-4H3. The first-order valence-electron chi connectivity index (χ1n) is 6.46. The van der Waals surface area contributed by atoms with Crippen LogP contribution < -0.4 is 5.73 Å². The third-order valence-electron chi connectivity index (χ3n) is 3.63. The maximum absolute atomic E-state index is 13.7. The van der Waals surface area contributed by atoms with Gasteiger partial charge in [-0.25, -0.2) is 4.39 Å². The average molecular weight is 340 g/mol. The minimum absolute atomic E-state index is 0.223. The van der Waals surface area contributed by atoms with Crippen molar-refractivity contribution in [3.63, 3.8) is 0 Å². The molecule has 2 aromatic rings. The van der Waals surface area contributed by atoms with E-state index in [0.29, 0.717) is 12.0 Å². The number of aryl methyl sites for hydroxylation is 3. The normalized spacial score (nSPS) is 14.3. The maximum atomic E-state index is 13.7. The van der Waals surface area contributed by atoms with Gasteiger partial charge in [-0.1, -0.05) is 12.1 Å². The molecule has 0 radical (unpaired) electrons. The zero-order valence-electron chi connectivity index (χ0n) is 12.2. The molecule has 0 aliphatic carbocycles. The van der Waals surface area contributed by atoms with E-state index in [-0.39, 0.29) is 5.82 Å². The summed E-state index contributed by atoms with van der Waals surface area (Å²) in [6.07, 6.45) is 0.577. The maximum Gasteiger partial charge on any atom is 0.126 e. The van der Waals surface area contributed by atoms with Crippen molar-refractivity contribution in [2.24, 2.45) is 12.8 Å². The van der Waals surface area contributed by atoms with Crippen LogP contribution in [0, 0.1) is 19.7 Å². The molecule has 1 aromatic heterocycles. The summed E-state index contributed by atoms with van der Waals surface area (Å²) >= 11 is 3.54. The van der Waals surface area contributed by atoms with Gasteiger partial charge in [0.05, 0.1) is 15.9 Å². The van der Waals surface area contributed by atoms with Crippen LogP contribution >= 0.6 is 15.9 Å². The van der Waals surface area contributed by atoms with Crippen LogP contribution in [-0.4, -0.2) is 9.78 Å². The van der Waals surface area contributed by atoms with E-state index in [9.17, 15) is 4.39 Å². The van der Waals surface area contributed by atoms with Gasteiger partial charge in [0.15, 0.2) is 0 Å². The molecule has 3 nitrogen and oxygen atoms in total. The molecule has 0 aliphatic rings. The fourth-order valence-corrected chi connectivity index (χ4v) is 2.75. The van der Waals surface area contributed by atoms with Crippen LogP contribution in [0.15, 0.2) is 22.7 Å². The SMILES string of the molecule is Cc1ccc(C(C)(N)Cc2c(Br)c(C)nn2C)cc1F. The first-order valence-corrected chi connectivity index (χ1v) is 7.25. The largest absolute Gasteiger partial charge is 0.321 e. The first kappa shape index (κ1) is 15.2. The van der Waals surface area contributed by atoms with Gasteiger partial charge in [-0.3, -0.25) is 4.68 Å². The van der Waals surface area contributed by atoms with Crippen LogP contribution in [-0.2, 0) is 19.0 Å². The lowest BCUT2D eigenvalue weighted by Gasteiger charge is -2.26. The van der Waals surface area contributed by atoms with Crippen LogP contribution in [0.5, 0.6) is 0 Å². The molecule has 5 heteroatoms. The van der Waals surface area contributed by atoms with Crippen LogP contribution in [0.2, 0.25) is 0 Å². The Hall–Kier alpha value is -1.20. The highest BCUT2D eigenvalue weighted by Gasteiger charge is 2.26. The molecule has 1 unspecified atom stereocenters. The smallest absolute Gasteiger partial charge is 0.126 e. The molecule has 20 heavy (non-hydrogen) atoms. The molecule has 0 amide bonds. The number of hydrogen-bond acceptors (Lipinski definition) is 2. The Kier molecular flexibility index (Phi) is 4.02. The quantitative estimate of drug-likeness (QED) is 0.931. The fourth-order valence-electron chi connectivity index (χ4n) is 2.27. The van der Waals surface area contributed by atoms with Crippen LogP contribution in [0.25, 0.3) is 0 Å². The van der Waals surface area contributed by atoms with Crippen LogP contribution in [0.1, 0.15) is 29.4 Å². The molecule has 2 N–H and O–H groups in total. The molecular formula is C15H19BrFN3. The van der Waals surface area contributed by atoms with E-state index < -0.39 is 5.54 Å². The number of aromatic nitrogens is 2. The molecule has 0 spiro atoms. The minimum Gasteiger partial charge on any atom is -0.321 e. The van der Waals surface area contributed by atoms with Crippen molar-refractivity contribution in [3.05, 3.63) is 51.0 Å². The summed E-state index contributed by atoms with van der Waals surface area (Å²) in [6, 6.07) is 5.17. The summed E-state index contributed by atoms with van der Waals surface area (Å²) in [5, 5.41) is 4.36. The van der Waals surface area contributed by atoms with Gasteiger partial charge in [-0.2, -0.15) is 5.10 Å². The first-order chi connectivity index (χ1) is 9.22. The van der Waals surface area contributed by atoms with Crippen molar-refractivity contribution >= 4 is 15.9 Å². The second kappa shape index (κ2) is 5.30. The minimum atomic E-state index is -0.655. The van der Waals surface area contributed by atoms with Crippen molar-refractivity contribution in [2.75, 3.05) is 0 Å². The van der Waals surface area contributed by atoms with Gasteiger partial charge in [0, 0.05) is 19.0 Å². The fraction of sp³-hybridized carbons (Fsp3) is 0.400. The molecule has 1 atom stereocenters. The predicted octanol–water partition coefficient (Wildman–Crippen LogP) is 3.36. The van der Waals surface area contributed by atoms with E-state index in [1.807, 2.05) is 31.6 Å². The molecule has 1 aromatic carbocycles. The Morgan fingerprint density at radius 1 is 1.40 bits per heavy atom. The lowest BCUT2D eigenvalue weighted by atomic mass is 9.87. The summed E-state index contributed by atoms with van der Waals surface area (Å²) in [5.74, 6) is -0.223. The number of nitrogens with zero attached hydrogens (tertiary/aromatic N) is 2. The molecule has 108 valence electrons. The van der Waals surface area contributed by atoms with Gasteiger partial charge in [0.1, 0.15) is 5.82 Å². The van der Waals surface area contributed by atoms with Crippen molar-refractivity contribution in [3.8, 4) is 0 Å². The van der Waals surface area contributed by atoms with Gasteiger partial charge in [-0.15, -0.1) is 0 Å². The van der Waals surface area contributed by atoms with E-state index in [0.717, 1.165) is 21.4 Å². The highest BCUT2D eigenvalue weighted by Crippen LogP contribution is 2.29. The molecule has 0 aliphatic heterocycles. The van der Waals surface area contributed by atoms with Crippen LogP contribution in [0.3, 0.4) is 0 Å². The van der Waals surface area contributed by atoms with Gasteiger partial charge in [0.25, 0.3) is 0 Å². The Morgan fingerprint density at radius 2 is 2.05 bits per heavy atom. The second-order valence-electron chi connectivity index (χ2n) is 5.53. The number of benzene rings is 1. The molecule has 0 saturated heterocycles. The van der Waals surface area contributed by atoms with E-state index in [4.69, 9.17) is 5.73 Å². The van der Waals surface area contributed by atoms with E-state index in [1.54, 1.807) is 13.0 Å². The van der Waals surface area contributed by atoms with E-state index >= 15 is 0 Å².